The fraction of sp³-hybridized carbons (Fsp3) is 0.381. The highest BCUT2D eigenvalue weighted by molar-refractivity contribution is 6.31. The number of halogens is 1. The molecule has 0 fully saturated rings. The van der Waals surface area contributed by atoms with E-state index in [9.17, 15) is 4.79 Å². The molecule has 25 heavy (non-hydrogen) atoms. The first kappa shape index (κ1) is 17.8. The van der Waals surface area contributed by atoms with Gasteiger partial charge in [-0.05, 0) is 30.5 Å². The molecule has 0 saturated carbocycles. The van der Waals surface area contributed by atoms with Gasteiger partial charge < -0.3 is 10.1 Å². The molecular formula is C21H24ClNO2. The van der Waals surface area contributed by atoms with Gasteiger partial charge in [0.05, 0.1) is 12.5 Å². The molecule has 0 radical (unpaired) electrons. The summed E-state index contributed by atoms with van der Waals surface area (Å²) in [5, 5.41) is 3.82. The molecule has 1 heterocycles. The molecule has 0 saturated heterocycles. The van der Waals surface area contributed by atoms with E-state index in [2.05, 4.69) is 19.2 Å². The Hall–Kier alpha value is -2.00. The summed E-state index contributed by atoms with van der Waals surface area (Å²) >= 11 is 6.18. The van der Waals surface area contributed by atoms with Crippen LogP contribution in [0.1, 0.15) is 50.3 Å². The molecule has 1 atom stereocenters. The topological polar surface area (TPSA) is 38.3 Å². The van der Waals surface area contributed by atoms with Crippen LogP contribution in [-0.4, -0.2) is 11.5 Å². The maximum absolute atomic E-state index is 12.6. The Bertz CT molecular complexity index is 755. The number of benzene rings is 2. The Balaban J connectivity index is 1.81. The lowest BCUT2D eigenvalue weighted by atomic mass is 9.83. The number of nitrogens with one attached hydrogen (secondary N) is 1. The molecule has 0 bridgehead atoms. The first-order valence-corrected chi connectivity index (χ1v) is 9.25. The molecule has 4 heteroatoms. The first-order valence-electron chi connectivity index (χ1n) is 8.87. The summed E-state index contributed by atoms with van der Waals surface area (Å²) in [6, 6.07) is 15.4. The standard InChI is InChI=1S/C21H24ClNO2/c1-3-21(4-2)14-18(16-10-6-8-12-19(16)25-21)23-20(24)13-15-9-5-7-11-17(15)22/h5-12,18H,3-4,13-14H2,1-2H3,(H,23,24)/t18-/m1/s1. The van der Waals surface area contributed by atoms with Crippen molar-refractivity contribution in [3.8, 4) is 5.75 Å². The van der Waals surface area contributed by atoms with Crippen LogP contribution in [0.2, 0.25) is 5.02 Å². The van der Waals surface area contributed by atoms with Crippen LogP contribution >= 0.6 is 11.6 Å². The highest BCUT2D eigenvalue weighted by atomic mass is 35.5. The van der Waals surface area contributed by atoms with Crippen molar-refractivity contribution in [1.29, 1.82) is 0 Å². The van der Waals surface area contributed by atoms with Gasteiger partial charge in [0, 0.05) is 17.0 Å². The summed E-state index contributed by atoms with van der Waals surface area (Å²) in [6.07, 6.45) is 2.89. The van der Waals surface area contributed by atoms with Gasteiger partial charge in [-0.1, -0.05) is 61.8 Å². The van der Waals surface area contributed by atoms with Crippen LogP contribution < -0.4 is 10.1 Å². The molecule has 3 nitrogen and oxygen atoms in total. The highest BCUT2D eigenvalue weighted by Crippen LogP contribution is 2.42. The minimum absolute atomic E-state index is 0.0177. The van der Waals surface area contributed by atoms with Gasteiger partial charge in [-0.15, -0.1) is 0 Å². The third kappa shape index (κ3) is 3.82. The Labute approximate surface area is 154 Å². The number of carbonyl (C=O) groups is 1. The predicted molar refractivity (Wildman–Crippen MR) is 101 cm³/mol. The van der Waals surface area contributed by atoms with E-state index in [1.807, 2.05) is 48.5 Å². The van der Waals surface area contributed by atoms with Gasteiger partial charge in [0.2, 0.25) is 5.91 Å². The van der Waals surface area contributed by atoms with Crippen molar-refractivity contribution in [3.63, 3.8) is 0 Å². The summed E-state index contributed by atoms with van der Waals surface area (Å²) in [5.41, 5.74) is 1.67. The lowest BCUT2D eigenvalue weighted by Crippen LogP contribution is -2.44. The van der Waals surface area contributed by atoms with Crippen molar-refractivity contribution in [1.82, 2.24) is 5.32 Å². The van der Waals surface area contributed by atoms with E-state index in [4.69, 9.17) is 16.3 Å². The molecule has 1 aliphatic rings. The maximum Gasteiger partial charge on any atom is 0.224 e. The highest BCUT2D eigenvalue weighted by Gasteiger charge is 2.38. The molecule has 1 aliphatic heterocycles. The summed E-state index contributed by atoms with van der Waals surface area (Å²) < 4.78 is 6.29. The zero-order valence-electron chi connectivity index (χ0n) is 14.7. The van der Waals surface area contributed by atoms with Gasteiger partial charge in [0.15, 0.2) is 0 Å². The van der Waals surface area contributed by atoms with Gasteiger partial charge in [-0.25, -0.2) is 0 Å². The molecule has 0 spiro atoms. The number of hydrogen-bond acceptors (Lipinski definition) is 2. The third-order valence-electron chi connectivity index (χ3n) is 5.13. The minimum atomic E-state index is -0.226. The SMILES string of the molecule is CCC1(CC)C[C@@H](NC(=O)Cc2ccccc2Cl)c2ccccc2O1. The number of rotatable bonds is 5. The number of carbonyl (C=O) groups excluding carboxylic acids is 1. The number of para-hydroxylation sites is 1. The van der Waals surface area contributed by atoms with Gasteiger partial charge in [-0.2, -0.15) is 0 Å². The lowest BCUT2D eigenvalue weighted by Gasteiger charge is -2.41. The second-order valence-electron chi connectivity index (χ2n) is 6.62. The van der Waals surface area contributed by atoms with E-state index in [1.165, 1.54) is 0 Å². The molecule has 0 aromatic heterocycles. The van der Waals surface area contributed by atoms with Crippen LogP contribution in [0.3, 0.4) is 0 Å². The first-order chi connectivity index (χ1) is 12.1. The molecule has 132 valence electrons. The molecule has 1 amide bonds. The maximum atomic E-state index is 12.6. The van der Waals surface area contributed by atoms with Crippen molar-refractivity contribution in [2.24, 2.45) is 0 Å². The molecule has 2 aromatic rings. The van der Waals surface area contributed by atoms with Gasteiger partial charge >= 0.3 is 0 Å². The molecule has 2 aromatic carbocycles. The molecule has 0 aliphatic carbocycles. The van der Waals surface area contributed by atoms with E-state index in [1.54, 1.807) is 0 Å². The zero-order chi connectivity index (χ0) is 17.9. The molecule has 3 rings (SSSR count). The number of hydrogen-bond donors (Lipinski definition) is 1. The summed E-state index contributed by atoms with van der Waals surface area (Å²) in [5.74, 6) is 0.858. The monoisotopic (exact) mass is 357 g/mol. The predicted octanol–water partition coefficient (Wildman–Crippen LogP) is 5.08. The van der Waals surface area contributed by atoms with Crippen molar-refractivity contribution in [2.75, 3.05) is 0 Å². The van der Waals surface area contributed by atoms with E-state index in [0.29, 0.717) is 5.02 Å². The van der Waals surface area contributed by atoms with E-state index in [0.717, 1.165) is 36.1 Å². The van der Waals surface area contributed by atoms with Crippen molar-refractivity contribution < 1.29 is 9.53 Å². The smallest absolute Gasteiger partial charge is 0.224 e. The minimum Gasteiger partial charge on any atom is -0.487 e. The Morgan fingerprint density at radius 3 is 2.56 bits per heavy atom. The molecule has 1 N–H and O–H groups in total. The quantitative estimate of drug-likeness (QED) is 0.810. The van der Waals surface area contributed by atoms with E-state index < -0.39 is 0 Å². The zero-order valence-corrected chi connectivity index (χ0v) is 15.5. The average Bonchev–Trinajstić information content (AvgIpc) is 2.63. The normalized spacial score (nSPS) is 18.1. The van der Waals surface area contributed by atoms with Crippen LogP contribution in [0.5, 0.6) is 5.75 Å². The Kier molecular flexibility index (Phi) is 5.33. The largest absolute Gasteiger partial charge is 0.487 e. The summed E-state index contributed by atoms with van der Waals surface area (Å²) in [4.78, 5) is 12.6. The molecule has 0 unspecified atom stereocenters. The average molecular weight is 358 g/mol. The number of fused-ring (bicyclic) bond motifs is 1. The van der Waals surface area contributed by atoms with Crippen LogP contribution in [0.15, 0.2) is 48.5 Å². The fourth-order valence-corrected chi connectivity index (χ4v) is 3.69. The lowest BCUT2D eigenvalue weighted by molar-refractivity contribution is -0.121. The van der Waals surface area contributed by atoms with Crippen LogP contribution in [0.25, 0.3) is 0 Å². The van der Waals surface area contributed by atoms with Crippen molar-refractivity contribution in [2.45, 2.75) is 51.2 Å². The van der Waals surface area contributed by atoms with Crippen LogP contribution in [0.4, 0.5) is 0 Å². The van der Waals surface area contributed by atoms with Crippen LogP contribution in [0, 0.1) is 0 Å². The van der Waals surface area contributed by atoms with Crippen LogP contribution in [-0.2, 0) is 11.2 Å². The van der Waals surface area contributed by atoms with E-state index >= 15 is 0 Å². The number of ether oxygens (including phenoxy) is 1. The van der Waals surface area contributed by atoms with Gasteiger partial charge in [0.25, 0.3) is 0 Å². The van der Waals surface area contributed by atoms with Crippen molar-refractivity contribution >= 4 is 17.5 Å². The Morgan fingerprint density at radius 1 is 1.16 bits per heavy atom. The summed E-state index contributed by atoms with van der Waals surface area (Å²) in [6.45, 7) is 4.28. The van der Waals surface area contributed by atoms with Gasteiger partial charge in [-0.3, -0.25) is 4.79 Å². The Morgan fingerprint density at radius 2 is 1.84 bits per heavy atom. The fourth-order valence-electron chi connectivity index (χ4n) is 3.49. The summed E-state index contributed by atoms with van der Waals surface area (Å²) in [7, 11) is 0. The molecular weight excluding hydrogens is 334 g/mol. The second-order valence-corrected chi connectivity index (χ2v) is 7.03. The third-order valence-corrected chi connectivity index (χ3v) is 5.50. The second kappa shape index (κ2) is 7.49. The number of amides is 1. The van der Waals surface area contributed by atoms with Gasteiger partial charge in [0.1, 0.15) is 11.4 Å². The van der Waals surface area contributed by atoms with Crippen molar-refractivity contribution in [3.05, 3.63) is 64.7 Å². The van der Waals surface area contributed by atoms with E-state index in [-0.39, 0.29) is 24.0 Å².